The molecule has 2 aromatic heterocycles. The molecule has 0 radical (unpaired) electrons. The fraction of sp³-hybridized carbons (Fsp3) is 0.562. The van der Waals surface area contributed by atoms with Crippen molar-refractivity contribution in [3.63, 3.8) is 0 Å². The van der Waals surface area contributed by atoms with E-state index in [1.54, 1.807) is 11.3 Å². The van der Waals surface area contributed by atoms with E-state index in [4.69, 9.17) is 6.42 Å². The van der Waals surface area contributed by atoms with Gasteiger partial charge in [-0.3, -0.25) is 4.79 Å². The van der Waals surface area contributed by atoms with Gasteiger partial charge in [-0.05, 0) is 36.2 Å². The fourth-order valence-corrected chi connectivity index (χ4v) is 4.29. The highest BCUT2D eigenvalue weighted by molar-refractivity contribution is 7.18. The zero-order chi connectivity index (χ0) is 15.2. The first-order valence-corrected chi connectivity index (χ1v) is 8.05. The summed E-state index contributed by atoms with van der Waals surface area (Å²) in [6.07, 6.45) is 8.39. The Hall–Kier alpha value is -1.67. The number of thiophene rings is 1. The van der Waals surface area contributed by atoms with Crippen LogP contribution in [-0.2, 0) is 19.4 Å². The van der Waals surface area contributed by atoms with E-state index in [1.807, 2.05) is 0 Å². The van der Waals surface area contributed by atoms with Crippen LogP contribution in [0.1, 0.15) is 37.6 Å². The average molecular weight is 301 g/mol. The fourth-order valence-electron chi connectivity index (χ4n) is 3.06. The summed E-state index contributed by atoms with van der Waals surface area (Å²) in [7, 11) is 0. The molecule has 0 N–H and O–H groups in total. The second-order valence-corrected chi connectivity index (χ2v) is 7.83. The van der Waals surface area contributed by atoms with Gasteiger partial charge in [-0.25, -0.2) is 0 Å². The monoisotopic (exact) mass is 301 g/mol. The van der Waals surface area contributed by atoms with Crippen molar-refractivity contribution in [2.45, 2.75) is 46.6 Å². The predicted octanol–water partition coefficient (Wildman–Crippen LogP) is 2.64. The molecule has 1 aliphatic carbocycles. The highest BCUT2D eigenvalue weighted by Gasteiger charge is 2.31. The zero-order valence-corrected chi connectivity index (χ0v) is 13.5. The van der Waals surface area contributed by atoms with E-state index < -0.39 is 0 Å². The molecule has 0 amide bonds. The van der Waals surface area contributed by atoms with E-state index in [2.05, 4.69) is 37.0 Å². The Morgan fingerprint density at radius 1 is 1.48 bits per heavy atom. The minimum atomic E-state index is -0.0929. The Labute approximate surface area is 128 Å². The lowest BCUT2D eigenvalue weighted by atomic mass is 9.72. The number of hydrogen-bond acceptors (Lipinski definition) is 4. The molecule has 0 aliphatic heterocycles. The average Bonchev–Trinajstić information content (AvgIpc) is 2.79. The van der Waals surface area contributed by atoms with Crippen LogP contribution in [0.4, 0.5) is 0 Å². The molecule has 0 bridgehead atoms. The minimum absolute atomic E-state index is 0.0929. The SMILES string of the molecule is C#CCn1nnc2sc3c(c2c1=O)CCC(C(C)(C)C)C3. The predicted molar refractivity (Wildman–Crippen MR) is 85.5 cm³/mol. The smallest absolute Gasteiger partial charge is 0.267 e. The van der Waals surface area contributed by atoms with Gasteiger partial charge < -0.3 is 0 Å². The van der Waals surface area contributed by atoms with E-state index in [9.17, 15) is 4.79 Å². The molecular formula is C16H19N3OS. The van der Waals surface area contributed by atoms with Crippen LogP contribution in [0.5, 0.6) is 0 Å². The van der Waals surface area contributed by atoms with Crippen LogP contribution >= 0.6 is 11.3 Å². The molecule has 4 nitrogen and oxygen atoms in total. The summed E-state index contributed by atoms with van der Waals surface area (Å²) in [5.41, 5.74) is 1.38. The summed E-state index contributed by atoms with van der Waals surface area (Å²) >= 11 is 1.62. The largest absolute Gasteiger partial charge is 0.279 e. The number of aromatic nitrogens is 3. The van der Waals surface area contributed by atoms with Gasteiger partial charge in [-0.1, -0.05) is 31.9 Å². The Bertz CT molecular complexity index is 789. The third-order valence-electron chi connectivity index (χ3n) is 4.40. The zero-order valence-electron chi connectivity index (χ0n) is 12.6. The second-order valence-electron chi connectivity index (χ2n) is 6.75. The number of fused-ring (bicyclic) bond motifs is 3. The van der Waals surface area contributed by atoms with E-state index in [1.165, 1.54) is 15.1 Å². The molecule has 0 aromatic carbocycles. The third kappa shape index (κ3) is 2.38. The van der Waals surface area contributed by atoms with E-state index >= 15 is 0 Å². The van der Waals surface area contributed by atoms with Gasteiger partial charge in [0.05, 0.1) is 5.39 Å². The number of aryl methyl sites for hydroxylation is 1. The van der Waals surface area contributed by atoms with Crippen molar-refractivity contribution in [3.8, 4) is 12.3 Å². The quantitative estimate of drug-likeness (QED) is 0.761. The van der Waals surface area contributed by atoms with Crippen molar-refractivity contribution in [2.24, 2.45) is 11.3 Å². The first-order chi connectivity index (χ1) is 9.91. The van der Waals surface area contributed by atoms with E-state index in [0.29, 0.717) is 11.3 Å². The van der Waals surface area contributed by atoms with Crippen LogP contribution in [-0.4, -0.2) is 15.0 Å². The van der Waals surface area contributed by atoms with Crippen molar-refractivity contribution in [2.75, 3.05) is 0 Å². The van der Waals surface area contributed by atoms with Crippen LogP contribution in [0.15, 0.2) is 4.79 Å². The number of hydrogen-bond donors (Lipinski definition) is 0. The van der Waals surface area contributed by atoms with Gasteiger partial charge in [-0.15, -0.1) is 22.9 Å². The normalized spacial score (nSPS) is 18.5. The van der Waals surface area contributed by atoms with Crippen LogP contribution in [0.2, 0.25) is 0 Å². The van der Waals surface area contributed by atoms with Crippen molar-refractivity contribution in [1.29, 1.82) is 0 Å². The van der Waals surface area contributed by atoms with Crippen molar-refractivity contribution in [1.82, 2.24) is 15.0 Å². The molecule has 1 atom stereocenters. The molecule has 1 aliphatic rings. The molecule has 0 spiro atoms. The first-order valence-electron chi connectivity index (χ1n) is 7.23. The van der Waals surface area contributed by atoms with Gasteiger partial charge in [0.15, 0.2) is 4.83 Å². The Morgan fingerprint density at radius 3 is 2.90 bits per heavy atom. The Morgan fingerprint density at radius 2 is 2.24 bits per heavy atom. The van der Waals surface area contributed by atoms with Gasteiger partial charge >= 0.3 is 0 Å². The maximum atomic E-state index is 12.5. The topological polar surface area (TPSA) is 47.8 Å². The number of nitrogens with zero attached hydrogens (tertiary/aromatic N) is 3. The molecular weight excluding hydrogens is 282 g/mol. The molecule has 3 rings (SSSR count). The molecule has 2 heterocycles. The number of terminal acetylenes is 1. The van der Waals surface area contributed by atoms with Crippen LogP contribution < -0.4 is 5.56 Å². The lowest BCUT2D eigenvalue weighted by Crippen LogP contribution is -2.27. The van der Waals surface area contributed by atoms with Gasteiger partial charge in [0.25, 0.3) is 5.56 Å². The van der Waals surface area contributed by atoms with Gasteiger partial charge in [0.2, 0.25) is 0 Å². The second kappa shape index (κ2) is 4.96. The maximum absolute atomic E-state index is 12.5. The first kappa shape index (κ1) is 14.3. The van der Waals surface area contributed by atoms with Crippen LogP contribution in [0.25, 0.3) is 10.2 Å². The summed E-state index contributed by atoms with van der Waals surface area (Å²) in [5.74, 6) is 3.10. The molecule has 1 unspecified atom stereocenters. The summed E-state index contributed by atoms with van der Waals surface area (Å²) < 4.78 is 1.28. The molecule has 0 saturated carbocycles. The molecule has 2 aromatic rings. The lowest BCUT2D eigenvalue weighted by molar-refractivity contribution is 0.218. The van der Waals surface area contributed by atoms with Crippen LogP contribution in [0, 0.1) is 23.7 Å². The van der Waals surface area contributed by atoms with Crippen molar-refractivity contribution < 1.29 is 0 Å². The summed E-state index contributed by atoms with van der Waals surface area (Å²) in [5, 5.41) is 8.86. The van der Waals surface area contributed by atoms with Crippen molar-refractivity contribution >= 4 is 21.6 Å². The number of rotatable bonds is 1. The van der Waals surface area contributed by atoms with Gasteiger partial charge in [-0.2, -0.15) is 4.68 Å². The van der Waals surface area contributed by atoms with Crippen LogP contribution in [0.3, 0.4) is 0 Å². The molecule has 0 saturated heterocycles. The maximum Gasteiger partial charge on any atom is 0.279 e. The summed E-state index contributed by atoms with van der Waals surface area (Å²) in [4.78, 5) is 14.6. The molecule has 5 heteroatoms. The van der Waals surface area contributed by atoms with E-state index in [0.717, 1.165) is 29.5 Å². The standard InChI is InChI=1S/C16H19N3OS/c1-5-8-19-15(20)13-11-7-6-10(16(2,3)4)9-12(11)21-14(13)17-18-19/h1,10H,6-9H2,2-4H3. The minimum Gasteiger partial charge on any atom is -0.267 e. The van der Waals surface area contributed by atoms with Gasteiger partial charge in [0.1, 0.15) is 6.54 Å². The highest BCUT2D eigenvalue weighted by Crippen LogP contribution is 2.41. The third-order valence-corrected chi connectivity index (χ3v) is 5.54. The summed E-state index contributed by atoms with van der Waals surface area (Å²) in [6, 6.07) is 0. The molecule has 21 heavy (non-hydrogen) atoms. The van der Waals surface area contributed by atoms with E-state index in [-0.39, 0.29) is 12.1 Å². The lowest BCUT2D eigenvalue weighted by Gasteiger charge is -2.33. The Kier molecular flexibility index (Phi) is 3.37. The Balaban J connectivity index is 2.11. The highest BCUT2D eigenvalue weighted by atomic mass is 32.1. The van der Waals surface area contributed by atoms with Crippen molar-refractivity contribution in [3.05, 3.63) is 20.8 Å². The van der Waals surface area contributed by atoms with Gasteiger partial charge in [0, 0.05) is 4.88 Å². The molecule has 0 fully saturated rings. The summed E-state index contributed by atoms with van der Waals surface area (Å²) in [6.45, 7) is 7.04. The molecule has 110 valence electrons.